The van der Waals surface area contributed by atoms with Crippen LogP contribution in [0.15, 0.2) is 47.5 Å². The average Bonchev–Trinajstić information content (AvgIpc) is 2.32. The fourth-order valence-electron chi connectivity index (χ4n) is 1.31. The van der Waals surface area contributed by atoms with Gasteiger partial charge in [-0.3, -0.25) is 0 Å². The molecule has 0 unspecified atom stereocenters. The van der Waals surface area contributed by atoms with E-state index in [1.54, 1.807) is 30.5 Å². The molecule has 6 heteroatoms. The minimum absolute atomic E-state index is 0.238. The topological polar surface area (TPSA) is 56.3 Å². The number of nitrogens with zero attached hydrogens (tertiary/aromatic N) is 1. The molecule has 1 aromatic heterocycles. The van der Waals surface area contributed by atoms with Crippen molar-refractivity contribution < 1.29 is 13.2 Å². The van der Waals surface area contributed by atoms with Gasteiger partial charge in [0.1, 0.15) is 10.8 Å². The van der Waals surface area contributed by atoms with Crippen LogP contribution in [-0.2, 0) is 9.84 Å². The van der Waals surface area contributed by atoms with E-state index in [0.717, 1.165) is 6.26 Å². The molecule has 1 heterocycles. The lowest BCUT2D eigenvalue weighted by Crippen LogP contribution is -1.96. The van der Waals surface area contributed by atoms with Crippen molar-refractivity contribution in [1.29, 1.82) is 0 Å². The van der Waals surface area contributed by atoms with Gasteiger partial charge in [-0.15, -0.1) is 0 Å². The van der Waals surface area contributed by atoms with Gasteiger partial charge in [0.25, 0.3) is 0 Å². The number of sulfone groups is 1. The summed E-state index contributed by atoms with van der Waals surface area (Å²) in [7, 11) is -3.20. The van der Waals surface area contributed by atoms with Crippen molar-refractivity contribution in [2.24, 2.45) is 0 Å². The summed E-state index contributed by atoms with van der Waals surface area (Å²) < 4.78 is 28.0. The number of ether oxygens (including phenoxy) is 1. The van der Waals surface area contributed by atoms with Crippen LogP contribution < -0.4 is 4.74 Å². The summed E-state index contributed by atoms with van der Waals surface area (Å²) in [4.78, 5) is 4.21. The Labute approximate surface area is 110 Å². The van der Waals surface area contributed by atoms with Gasteiger partial charge in [0.15, 0.2) is 9.84 Å². The molecule has 0 saturated heterocycles. The molecule has 18 heavy (non-hydrogen) atoms. The molecule has 2 aromatic rings. The van der Waals surface area contributed by atoms with Crippen LogP contribution in [0.3, 0.4) is 0 Å². The monoisotopic (exact) mass is 283 g/mol. The summed E-state index contributed by atoms with van der Waals surface area (Å²) in [5, 5.41) is 0.393. The summed E-state index contributed by atoms with van der Waals surface area (Å²) >= 11 is 5.89. The van der Waals surface area contributed by atoms with Gasteiger partial charge in [-0.1, -0.05) is 11.6 Å². The van der Waals surface area contributed by atoms with Crippen LogP contribution in [-0.4, -0.2) is 19.7 Å². The molecule has 0 bridgehead atoms. The lowest BCUT2D eigenvalue weighted by atomic mass is 10.3. The smallest absolute Gasteiger partial charge is 0.238 e. The molecule has 0 saturated carbocycles. The van der Waals surface area contributed by atoms with Crippen molar-refractivity contribution in [3.63, 3.8) is 0 Å². The molecule has 0 radical (unpaired) electrons. The third-order valence-corrected chi connectivity index (χ3v) is 3.61. The molecule has 0 aliphatic carbocycles. The number of halogens is 1. The van der Waals surface area contributed by atoms with Gasteiger partial charge < -0.3 is 4.74 Å². The molecule has 4 nitrogen and oxygen atoms in total. The molecular weight excluding hydrogens is 274 g/mol. The van der Waals surface area contributed by atoms with E-state index < -0.39 is 9.84 Å². The van der Waals surface area contributed by atoms with Gasteiger partial charge in [0.2, 0.25) is 5.88 Å². The maximum absolute atomic E-state index is 11.3. The Bertz CT molecular complexity index is 653. The van der Waals surface area contributed by atoms with E-state index in [1.807, 2.05) is 0 Å². The number of rotatable bonds is 3. The second kappa shape index (κ2) is 4.96. The van der Waals surface area contributed by atoms with E-state index in [1.165, 1.54) is 12.1 Å². The highest BCUT2D eigenvalue weighted by atomic mass is 35.5. The standard InChI is InChI=1S/C12H10ClNO3S/c1-18(15,16)10-6-4-9(5-7-10)17-12-11(13)3-2-8-14-12/h2-8H,1H3. The fourth-order valence-corrected chi connectivity index (χ4v) is 2.10. The Balaban J connectivity index is 2.24. The van der Waals surface area contributed by atoms with Crippen LogP contribution >= 0.6 is 11.6 Å². The first-order valence-corrected chi connectivity index (χ1v) is 7.32. The van der Waals surface area contributed by atoms with Crippen LogP contribution in [0.2, 0.25) is 5.02 Å². The Hall–Kier alpha value is -1.59. The summed E-state index contributed by atoms with van der Waals surface area (Å²) in [6.45, 7) is 0. The number of pyridine rings is 1. The van der Waals surface area contributed by atoms with E-state index in [2.05, 4.69) is 4.98 Å². The number of aromatic nitrogens is 1. The maximum Gasteiger partial charge on any atom is 0.238 e. The molecular formula is C12H10ClNO3S. The molecule has 0 atom stereocenters. The van der Waals surface area contributed by atoms with Gasteiger partial charge in [-0.05, 0) is 36.4 Å². The zero-order valence-corrected chi connectivity index (χ0v) is 11.1. The number of hydrogen-bond acceptors (Lipinski definition) is 4. The summed E-state index contributed by atoms with van der Waals surface area (Å²) in [6, 6.07) is 9.42. The molecule has 2 rings (SSSR count). The van der Waals surface area contributed by atoms with Gasteiger partial charge in [-0.2, -0.15) is 0 Å². The zero-order valence-electron chi connectivity index (χ0n) is 9.50. The molecule has 0 fully saturated rings. The highest BCUT2D eigenvalue weighted by Gasteiger charge is 2.08. The van der Waals surface area contributed by atoms with E-state index in [4.69, 9.17) is 16.3 Å². The van der Waals surface area contributed by atoms with Crippen LogP contribution in [0.5, 0.6) is 11.6 Å². The summed E-state index contributed by atoms with van der Waals surface area (Å²) in [6.07, 6.45) is 2.71. The number of hydrogen-bond donors (Lipinski definition) is 0. The highest BCUT2D eigenvalue weighted by Crippen LogP contribution is 2.26. The Morgan fingerprint density at radius 1 is 1.17 bits per heavy atom. The quantitative estimate of drug-likeness (QED) is 0.869. The molecule has 0 aliphatic heterocycles. The molecule has 1 aromatic carbocycles. The lowest BCUT2D eigenvalue weighted by molar-refractivity contribution is 0.463. The molecule has 0 N–H and O–H groups in total. The third-order valence-electron chi connectivity index (χ3n) is 2.19. The van der Waals surface area contributed by atoms with Crippen LogP contribution in [0, 0.1) is 0 Å². The van der Waals surface area contributed by atoms with Crippen LogP contribution in [0.4, 0.5) is 0 Å². The maximum atomic E-state index is 11.3. The molecule has 94 valence electrons. The van der Waals surface area contributed by atoms with Crippen molar-refractivity contribution in [3.8, 4) is 11.6 Å². The van der Waals surface area contributed by atoms with E-state index in [-0.39, 0.29) is 10.8 Å². The largest absolute Gasteiger partial charge is 0.438 e. The Morgan fingerprint density at radius 2 is 1.83 bits per heavy atom. The van der Waals surface area contributed by atoms with Crippen molar-refractivity contribution in [3.05, 3.63) is 47.6 Å². The second-order valence-electron chi connectivity index (χ2n) is 3.64. The zero-order chi connectivity index (χ0) is 13.2. The van der Waals surface area contributed by atoms with Crippen molar-refractivity contribution in [2.75, 3.05) is 6.26 Å². The van der Waals surface area contributed by atoms with Crippen molar-refractivity contribution >= 4 is 21.4 Å². The van der Waals surface area contributed by atoms with Crippen molar-refractivity contribution in [1.82, 2.24) is 4.98 Å². The first-order chi connectivity index (χ1) is 8.47. The normalized spacial score (nSPS) is 11.2. The van der Waals surface area contributed by atoms with E-state index in [9.17, 15) is 8.42 Å². The van der Waals surface area contributed by atoms with Gasteiger partial charge in [-0.25, -0.2) is 13.4 Å². The molecule has 0 amide bonds. The van der Waals surface area contributed by atoms with Gasteiger partial charge in [0, 0.05) is 12.5 Å². The Kier molecular flexibility index (Phi) is 3.54. The Morgan fingerprint density at radius 3 is 2.39 bits per heavy atom. The first-order valence-electron chi connectivity index (χ1n) is 5.05. The number of benzene rings is 1. The lowest BCUT2D eigenvalue weighted by Gasteiger charge is -2.06. The van der Waals surface area contributed by atoms with E-state index >= 15 is 0 Å². The summed E-state index contributed by atoms with van der Waals surface area (Å²) in [5.41, 5.74) is 0. The first kappa shape index (κ1) is 12.9. The van der Waals surface area contributed by atoms with Crippen LogP contribution in [0.1, 0.15) is 0 Å². The predicted octanol–water partition coefficient (Wildman–Crippen LogP) is 2.93. The minimum Gasteiger partial charge on any atom is -0.438 e. The molecule has 0 spiro atoms. The van der Waals surface area contributed by atoms with Crippen LogP contribution in [0.25, 0.3) is 0 Å². The van der Waals surface area contributed by atoms with Gasteiger partial charge in [0.05, 0.1) is 4.90 Å². The highest BCUT2D eigenvalue weighted by molar-refractivity contribution is 7.90. The molecule has 0 aliphatic rings. The minimum atomic E-state index is -3.20. The third kappa shape index (κ3) is 3.00. The summed E-state index contributed by atoms with van der Waals surface area (Å²) in [5.74, 6) is 0.759. The second-order valence-corrected chi connectivity index (χ2v) is 6.06. The van der Waals surface area contributed by atoms with E-state index in [0.29, 0.717) is 10.8 Å². The van der Waals surface area contributed by atoms with Gasteiger partial charge >= 0.3 is 0 Å². The fraction of sp³-hybridized carbons (Fsp3) is 0.0833. The average molecular weight is 284 g/mol. The predicted molar refractivity (Wildman–Crippen MR) is 68.9 cm³/mol. The SMILES string of the molecule is CS(=O)(=O)c1ccc(Oc2ncccc2Cl)cc1. The van der Waals surface area contributed by atoms with Crippen molar-refractivity contribution in [2.45, 2.75) is 4.90 Å².